The van der Waals surface area contributed by atoms with Crippen LogP contribution in [0.5, 0.6) is 0 Å². The van der Waals surface area contributed by atoms with Gasteiger partial charge in [-0.15, -0.1) is 0 Å². The number of nitrogens with one attached hydrogen (secondary N) is 1. The van der Waals surface area contributed by atoms with Crippen molar-refractivity contribution in [1.29, 1.82) is 0 Å². The fraction of sp³-hybridized carbons (Fsp3) is 0.136. The minimum absolute atomic E-state index is 0.0281. The Kier molecular flexibility index (Phi) is 6.83. The van der Waals surface area contributed by atoms with Crippen LogP contribution in [0, 0.1) is 10.1 Å². The van der Waals surface area contributed by atoms with Crippen molar-refractivity contribution in [3.63, 3.8) is 0 Å². The highest BCUT2D eigenvalue weighted by molar-refractivity contribution is 5.95. The number of aliphatic hydroxyl groups is 1. The first-order valence-corrected chi connectivity index (χ1v) is 9.28. The minimum atomic E-state index is -0.669. The summed E-state index contributed by atoms with van der Waals surface area (Å²) in [6.45, 7) is 0.126. The highest BCUT2D eigenvalue weighted by Crippen LogP contribution is 2.12. The summed E-state index contributed by atoms with van der Waals surface area (Å²) < 4.78 is 0. The first-order chi connectivity index (χ1) is 14.5. The fourth-order valence-corrected chi connectivity index (χ4v) is 2.76. The van der Waals surface area contributed by atoms with E-state index in [2.05, 4.69) is 15.3 Å². The first-order valence-electron chi connectivity index (χ1n) is 9.28. The molecule has 0 saturated carbocycles. The maximum Gasteiger partial charge on any atom is 0.286 e. The summed E-state index contributed by atoms with van der Waals surface area (Å²) in [4.78, 5) is 30.6. The minimum Gasteiger partial charge on any atom is -0.503 e. The number of benzene rings is 2. The number of hydrogen-bond acceptors (Lipinski definition) is 6. The molecule has 0 spiro atoms. The van der Waals surface area contributed by atoms with Crippen LogP contribution < -0.4 is 5.32 Å². The number of amides is 1. The monoisotopic (exact) mass is 404 g/mol. The van der Waals surface area contributed by atoms with Crippen LogP contribution in [0.3, 0.4) is 0 Å². The molecule has 0 bridgehead atoms. The van der Waals surface area contributed by atoms with Gasteiger partial charge in [0.2, 0.25) is 0 Å². The normalized spacial score (nSPS) is 11.1. The van der Waals surface area contributed by atoms with Gasteiger partial charge in [0, 0.05) is 30.4 Å². The zero-order chi connectivity index (χ0) is 21.3. The first kappa shape index (κ1) is 20.7. The Morgan fingerprint density at radius 2 is 1.77 bits per heavy atom. The van der Waals surface area contributed by atoms with E-state index >= 15 is 0 Å². The summed E-state index contributed by atoms with van der Waals surface area (Å²) >= 11 is 0. The fourth-order valence-electron chi connectivity index (χ4n) is 2.76. The molecule has 3 aromatic rings. The molecule has 152 valence electrons. The molecule has 1 aromatic heterocycles. The van der Waals surface area contributed by atoms with Crippen LogP contribution in [0.1, 0.15) is 22.5 Å². The van der Waals surface area contributed by atoms with Crippen molar-refractivity contribution in [2.75, 3.05) is 0 Å². The average molecular weight is 404 g/mol. The number of hydrogen-bond donors (Lipinski definition) is 2. The van der Waals surface area contributed by atoms with Gasteiger partial charge in [-0.3, -0.25) is 14.9 Å². The van der Waals surface area contributed by atoms with Crippen LogP contribution in [-0.4, -0.2) is 25.9 Å². The lowest BCUT2D eigenvalue weighted by atomic mass is 10.1. The van der Waals surface area contributed by atoms with Crippen LogP contribution in [-0.2, 0) is 24.2 Å². The molecule has 2 N–H and O–H groups in total. The van der Waals surface area contributed by atoms with E-state index in [9.17, 15) is 20.0 Å². The van der Waals surface area contributed by atoms with Gasteiger partial charge in [0.25, 0.3) is 11.6 Å². The third-order valence-corrected chi connectivity index (χ3v) is 4.37. The number of nitrogens with zero attached hydrogens (tertiary/aromatic N) is 3. The number of carbonyl (C=O) groups excluding carboxylic acids is 1. The average Bonchev–Trinajstić information content (AvgIpc) is 2.77. The molecule has 0 saturated heterocycles. The van der Waals surface area contributed by atoms with Gasteiger partial charge in [-0.05, 0) is 30.0 Å². The summed E-state index contributed by atoms with van der Waals surface area (Å²) in [6.07, 6.45) is 4.20. The van der Waals surface area contributed by atoms with Gasteiger partial charge < -0.3 is 10.4 Å². The number of aromatic nitrogens is 2. The number of aliphatic hydroxyl groups excluding tert-OH is 1. The Labute approximate surface area is 173 Å². The third-order valence-electron chi connectivity index (χ3n) is 4.37. The lowest BCUT2D eigenvalue weighted by molar-refractivity contribution is -0.384. The molecule has 8 nitrogen and oxygen atoms in total. The molecule has 1 heterocycles. The Bertz CT molecular complexity index is 1050. The number of aryl methyl sites for hydroxylation is 2. The second kappa shape index (κ2) is 9.92. The second-order valence-electron chi connectivity index (χ2n) is 6.56. The van der Waals surface area contributed by atoms with E-state index in [0.29, 0.717) is 17.7 Å². The van der Waals surface area contributed by atoms with Gasteiger partial charge in [-0.25, -0.2) is 9.97 Å². The Morgan fingerprint density at radius 1 is 1.03 bits per heavy atom. The highest BCUT2D eigenvalue weighted by Gasteiger charge is 2.09. The van der Waals surface area contributed by atoms with Crippen LogP contribution in [0.15, 0.2) is 72.8 Å². The largest absolute Gasteiger partial charge is 0.503 e. The van der Waals surface area contributed by atoms with Crippen molar-refractivity contribution in [1.82, 2.24) is 15.3 Å². The van der Waals surface area contributed by atoms with E-state index in [1.165, 1.54) is 30.1 Å². The maximum atomic E-state index is 12.1. The number of nitro benzene ring substituents is 1. The van der Waals surface area contributed by atoms with Crippen LogP contribution in [0.2, 0.25) is 0 Å². The zero-order valence-corrected chi connectivity index (χ0v) is 16.1. The Balaban J connectivity index is 1.57. The molecule has 30 heavy (non-hydrogen) atoms. The summed E-state index contributed by atoms with van der Waals surface area (Å²) in [5, 5.41) is 23.3. The summed E-state index contributed by atoms with van der Waals surface area (Å²) in [5.41, 5.74) is 3.07. The lowest BCUT2D eigenvalue weighted by Crippen LogP contribution is -2.24. The molecular weight excluding hydrogens is 384 g/mol. The van der Waals surface area contributed by atoms with E-state index in [-0.39, 0.29) is 12.2 Å². The summed E-state index contributed by atoms with van der Waals surface area (Å²) in [6, 6.07) is 17.5. The SMILES string of the molecule is O=C(NCc1ccc([N+](=O)[O-])cc1)/C(O)=C/c1cc(CCc2ccccc2)ncn1. The standard InChI is InChI=1S/C22H20N4O4/c27-21(22(28)23-14-17-7-10-20(11-8-17)26(29)30)13-19-12-18(24-15-25-19)9-6-16-4-2-1-3-5-16/h1-5,7-8,10-13,15,27H,6,9,14H2,(H,23,28)/b21-13-. The molecule has 2 aromatic carbocycles. The van der Waals surface area contributed by atoms with E-state index in [0.717, 1.165) is 12.1 Å². The third kappa shape index (κ3) is 5.96. The molecule has 3 rings (SSSR count). The van der Waals surface area contributed by atoms with Gasteiger partial charge in [0.15, 0.2) is 5.76 Å². The molecule has 0 atom stereocenters. The molecule has 1 amide bonds. The quantitative estimate of drug-likeness (QED) is 0.257. The number of rotatable bonds is 8. The maximum absolute atomic E-state index is 12.1. The van der Waals surface area contributed by atoms with E-state index in [1.54, 1.807) is 18.2 Å². The molecule has 0 radical (unpaired) electrons. The van der Waals surface area contributed by atoms with Gasteiger partial charge in [-0.2, -0.15) is 0 Å². The topological polar surface area (TPSA) is 118 Å². The van der Waals surface area contributed by atoms with E-state index < -0.39 is 16.6 Å². The zero-order valence-electron chi connectivity index (χ0n) is 16.1. The van der Waals surface area contributed by atoms with Crippen LogP contribution in [0.25, 0.3) is 6.08 Å². The van der Waals surface area contributed by atoms with Gasteiger partial charge >= 0.3 is 0 Å². The number of carbonyl (C=O) groups is 1. The van der Waals surface area contributed by atoms with Crippen molar-refractivity contribution in [2.45, 2.75) is 19.4 Å². The van der Waals surface area contributed by atoms with Crippen molar-refractivity contribution < 1.29 is 14.8 Å². The van der Waals surface area contributed by atoms with E-state index in [4.69, 9.17) is 0 Å². The second-order valence-corrected chi connectivity index (χ2v) is 6.56. The molecule has 8 heteroatoms. The smallest absolute Gasteiger partial charge is 0.286 e. The van der Waals surface area contributed by atoms with Crippen molar-refractivity contribution in [3.05, 3.63) is 105 Å². The molecule has 0 aliphatic rings. The van der Waals surface area contributed by atoms with Crippen molar-refractivity contribution >= 4 is 17.7 Å². The predicted molar refractivity (Wildman–Crippen MR) is 111 cm³/mol. The molecule has 0 aliphatic carbocycles. The Morgan fingerprint density at radius 3 is 2.47 bits per heavy atom. The van der Waals surface area contributed by atoms with Gasteiger partial charge in [-0.1, -0.05) is 42.5 Å². The van der Waals surface area contributed by atoms with Crippen molar-refractivity contribution in [2.24, 2.45) is 0 Å². The van der Waals surface area contributed by atoms with Crippen molar-refractivity contribution in [3.8, 4) is 0 Å². The predicted octanol–water partition coefficient (Wildman–Crippen LogP) is 3.39. The number of non-ortho nitro benzene ring substituents is 1. The summed E-state index contributed by atoms with van der Waals surface area (Å²) in [5.74, 6) is -1.15. The van der Waals surface area contributed by atoms with E-state index in [1.807, 2.05) is 30.3 Å². The summed E-state index contributed by atoms with van der Waals surface area (Å²) in [7, 11) is 0. The molecular formula is C22H20N4O4. The lowest BCUT2D eigenvalue weighted by Gasteiger charge is -2.05. The molecule has 0 aliphatic heterocycles. The van der Waals surface area contributed by atoms with Gasteiger partial charge in [0.1, 0.15) is 6.33 Å². The Hall–Kier alpha value is -4.07. The van der Waals surface area contributed by atoms with Gasteiger partial charge in [0.05, 0.1) is 10.6 Å². The molecule has 0 unspecified atom stereocenters. The van der Waals surface area contributed by atoms with Crippen LogP contribution >= 0.6 is 0 Å². The molecule has 0 fully saturated rings. The highest BCUT2D eigenvalue weighted by atomic mass is 16.6. The van der Waals surface area contributed by atoms with Crippen LogP contribution in [0.4, 0.5) is 5.69 Å². The number of nitro groups is 1.